The lowest BCUT2D eigenvalue weighted by molar-refractivity contribution is 0.397. The summed E-state index contributed by atoms with van der Waals surface area (Å²) in [5.41, 5.74) is 4.41. The molecule has 3 rings (SSSR count). The van der Waals surface area contributed by atoms with Gasteiger partial charge in [0.05, 0.1) is 7.11 Å². The van der Waals surface area contributed by atoms with E-state index < -0.39 is 0 Å². The summed E-state index contributed by atoms with van der Waals surface area (Å²) in [7, 11) is 1.62. The van der Waals surface area contributed by atoms with Gasteiger partial charge in [-0.15, -0.1) is 0 Å². The Kier molecular flexibility index (Phi) is 2.40. The topological polar surface area (TPSA) is 47.0 Å². The lowest BCUT2D eigenvalue weighted by Crippen LogP contribution is -1.96. The largest absolute Gasteiger partial charge is 0.479 e. The maximum absolute atomic E-state index is 5.27. The molecular weight excluding hydrogens is 214 g/mol. The van der Waals surface area contributed by atoms with Crippen LogP contribution in [0.3, 0.4) is 0 Å². The zero-order chi connectivity index (χ0) is 11.7. The van der Waals surface area contributed by atoms with E-state index in [1.807, 2.05) is 6.07 Å². The number of anilines is 1. The molecule has 2 aromatic rings. The van der Waals surface area contributed by atoms with E-state index in [4.69, 9.17) is 4.74 Å². The molecule has 17 heavy (non-hydrogen) atoms. The van der Waals surface area contributed by atoms with Gasteiger partial charge in [0.15, 0.2) is 0 Å². The Balaban J connectivity index is 2.19. The standard InChI is InChI=1S/C13H13N3O/c1-17-13-12(15-7-8-16-13)10-3-2-4-11-9(10)5-6-14-11/h2-4,7-8,14H,5-6H2,1H3. The number of nitrogens with one attached hydrogen (secondary N) is 1. The molecule has 1 N–H and O–H groups in total. The van der Waals surface area contributed by atoms with Gasteiger partial charge < -0.3 is 10.1 Å². The normalized spacial score (nSPS) is 13.0. The Morgan fingerprint density at radius 3 is 3.00 bits per heavy atom. The van der Waals surface area contributed by atoms with Gasteiger partial charge in [-0.05, 0) is 18.1 Å². The Morgan fingerprint density at radius 1 is 1.24 bits per heavy atom. The number of aromatic nitrogens is 2. The van der Waals surface area contributed by atoms with E-state index in [1.165, 1.54) is 11.3 Å². The Bertz CT molecular complexity index is 554. The fourth-order valence-electron chi connectivity index (χ4n) is 2.23. The first-order valence-corrected chi connectivity index (χ1v) is 5.61. The Hall–Kier alpha value is -2.10. The molecule has 1 aromatic carbocycles. The van der Waals surface area contributed by atoms with Crippen LogP contribution >= 0.6 is 0 Å². The predicted octanol–water partition coefficient (Wildman–Crippen LogP) is 2.12. The Morgan fingerprint density at radius 2 is 2.12 bits per heavy atom. The molecule has 86 valence electrons. The number of hydrogen-bond acceptors (Lipinski definition) is 4. The van der Waals surface area contributed by atoms with Crippen LogP contribution < -0.4 is 10.1 Å². The molecule has 4 heteroatoms. The molecule has 0 aliphatic carbocycles. The Labute approximate surface area is 99.7 Å². The summed E-state index contributed by atoms with van der Waals surface area (Å²) in [6.07, 6.45) is 4.36. The molecule has 0 fully saturated rings. The van der Waals surface area contributed by atoms with Gasteiger partial charge in [0.25, 0.3) is 0 Å². The molecule has 0 saturated heterocycles. The smallest absolute Gasteiger partial charge is 0.240 e. The predicted molar refractivity (Wildman–Crippen MR) is 66.2 cm³/mol. The van der Waals surface area contributed by atoms with Crippen LogP contribution in [-0.4, -0.2) is 23.6 Å². The molecule has 0 saturated carbocycles. The maximum Gasteiger partial charge on any atom is 0.240 e. The first kappa shape index (κ1) is 10.1. The molecule has 1 aromatic heterocycles. The van der Waals surface area contributed by atoms with Crippen molar-refractivity contribution in [3.8, 4) is 17.1 Å². The summed E-state index contributed by atoms with van der Waals surface area (Å²) in [6.45, 7) is 0.981. The molecule has 0 bridgehead atoms. The minimum Gasteiger partial charge on any atom is -0.479 e. The van der Waals surface area contributed by atoms with Gasteiger partial charge in [0, 0.05) is 30.2 Å². The summed E-state index contributed by atoms with van der Waals surface area (Å²) >= 11 is 0. The van der Waals surface area contributed by atoms with Crippen LogP contribution in [0, 0.1) is 0 Å². The second-order valence-corrected chi connectivity index (χ2v) is 3.92. The lowest BCUT2D eigenvalue weighted by Gasteiger charge is -2.09. The molecule has 0 spiro atoms. The van der Waals surface area contributed by atoms with Gasteiger partial charge in [-0.2, -0.15) is 0 Å². The van der Waals surface area contributed by atoms with Crippen LogP contribution in [0.4, 0.5) is 5.69 Å². The van der Waals surface area contributed by atoms with Crippen molar-refractivity contribution >= 4 is 5.69 Å². The number of methoxy groups -OCH3 is 1. The van der Waals surface area contributed by atoms with Crippen molar-refractivity contribution in [3.63, 3.8) is 0 Å². The van der Waals surface area contributed by atoms with Crippen molar-refractivity contribution < 1.29 is 4.74 Å². The van der Waals surface area contributed by atoms with E-state index in [0.29, 0.717) is 5.88 Å². The molecular formula is C13H13N3O. The summed E-state index contributed by atoms with van der Waals surface area (Å²) in [4.78, 5) is 8.58. The van der Waals surface area contributed by atoms with Crippen LogP contribution in [0.2, 0.25) is 0 Å². The highest BCUT2D eigenvalue weighted by atomic mass is 16.5. The summed E-state index contributed by atoms with van der Waals surface area (Å²) in [5.74, 6) is 0.577. The third-order valence-electron chi connectivity index (χ3n) is 2.98. The van der Waals surface area contributed by atoms with E-state index in [0.717, 1.165) is 24.2 Å². The van der Waals surface area contributed by atoms with E-state index >= 15 is 0 Å². The second-order valence-electron chi connectivity index (χ2n) is 3.92. The second kappa shape index (κ2) is 4.05. The minimum absolute atomic E-state index is 0.577. The molecule has 1 aliphatic rings. The monoisotopic (exact) mass is 227 g/mol. The zero-order valence-corrected chi connectivity index (χ0v) is 9.60. The van der Waals surface area contributed by atoms with E-state index in [1.54, 1.807) is 19.5 Å². The van der Waals surface area contributed by atoms with Gasteiger partial charge in [0.2, 0.25) is 5.88 Å². The van der Waals surface area contributed by atoms with E-state index in [-0.39, 0.29) is 0 Å². The fourth-order valence-corrected chi connectivity index (χ4v) is 2.23. The number of ether oxygens (including phenoxy) is 1. The summed E-state index contributed by atoms with van der Waals surface area (Å²) < 4.78 is 5.27. The van der Waals surface area contributed by atoms with Gasteiger partial charge in [0.1, 0.15) is 5.69 Å². The van der Waals surface area contributed by atoms with E-state index in [2.05, 4.69) is 27.4 Å². The third-order valence-corrected chi connectivity index (χ3v) is 2.98. The number of fused-ring (bicyclic) bond motifs is 1. The molecule has 0 unspecified atom stereocenters. The molecule has 4 nitrogen and oxygen atoms in total. The minimum atomic E-state index is 0.577. The highest BCUT2D eigenvalue weighted by molar-refractivity contribution is 5.76. The van der Waals surface area contributed by atoms with Crippen molar-refractivity contribution in [3.05, 3.63) is 36.2 Å². The van der Waals surface area contributed by atoms with Crippen LogP contribution in [0.1, 0.15) is 5.56 Å². The highest BCUT2D eigenvalue weighted by Gasteiger charge is 2.18. The van der Waals surface area contributed by atoms with Crippen molar-refractivity contribution in [2.24, 2.45) is 0 Å². The molecule has 0 amide bonds. The van der Waals surface area contributed by atoms with Gasteiger partial charge in [-0.3, -0.25) is 0 Å². The summed E-state index contributed by atoms with van der Waals surface area (Å²) in [6, 6.07) is 6.19. The summed E-state index contributed by atoms with van der Waals surface area (Å²) in [5, 5.41) is 3.36. The quantitative estimate of drug-likeness (QED) is 0.853. The maximum atomic E-state index is 5.27. The lowest BCUT2D eigenvalue weighted by atomic mass is 10.0. The third kappa shape index (κ3) is 1.62. The number of hydrogen-bond donors (Lipinski definition) is 1. The van der Waals surface area contributed by atoms with Crippen molar-refractivity contribution in [1.29, 1.82) is 0 Å². The van der Waals surface area contributed by atoms with Gasteiger partial charge >= 0.3 is 0 Å². The van der Waals surface area contributed by atoms with Crippen molar-refractivity contribution in [2.45, 2.75) is 6.42 Å². The highest BCUT2D eigenvalue weighted by Crippen LogP contribution is 2.34. The first-order valence-electron chi connectivity index (χ1n) is 5.61. The SMILES string of the molecule is COc1nccnc1-c1cccc2c1CCN2. The first-order chi connectivity index (χ1) is 8.40. The zero-order valence-electron chi connectivity index (χ0n) is 9.60. The van der Waals surface area contributed by atoms with Crippen molar-refractivity contribution in [1.82, 2.24) is 9.97 Å². The molecule has 1 aliphatic heterocycles. The van der Waals surface area contributed by atoms with Gasteiger partial charge in [-0.25, -0.2) is 9.97 Å². The molecule has 2 heterocycles. The molecule has 0 atom stereocenters. The number of benzene rings is 1. The van der Waals surface area contributed by atoms with Crippen molar-refractivity contribution in [2.75, 3.05) is 19.0 Å². The number of nitrogens with zero attached hydrogens (tertiary/aromatic N) is 2. The van der Waals surface area contributed by atoms with Crippen LogP contribution in [0.15, 0.2) is 30.6 Å². The average molecular weight is 227 g/mol. The average Bonchev–Trinajstić information content (AvgIpc) is 2.86. The van der Waals surface area contributed by atoms with Crippen LogP contribution in [-0.2, 0) is 6.42 Å². The molecule has 0 radical (unpaired) electrons. The van der Waals surface area contributed by atoms with Crippen LogP contribution in [0.25, 0.3) is 11.3 Å². The van der Waals surface area contributed by atoms with Crippen LogP contribution in [0.5, 0.6) is 5.88 Å². The van der Waals surface area contributed by atoms with E-state index in [9.17, 15) is 0 Å². The fraction of sp³-hybridized carbons (Fsp3) is 0.231. The van der Waals surface area contributed by atoms with Gasteiger partial charge in [-0.1, -0.05) is 12.1 Å². The number of rotatable bonds is 2.